The maximum Gasteiger partial charge on any atom is 0.261 e. The number of pyridine rings is 1. The average molecular weight is 212 g/mol. The highest BCUT2D eigenvalue weighted by atomic mass is 35.7. The molecule has 4 nitrogen and oxygen atoms in total. The van der Waals surface area contributed by atoms with E-state index < -0.39 is 25.5 Å². The SMILES string of the molecule is O=c1cc(S(=O)(=O)Cl)cc(F)[nH]1. The number of hydrogen-bond donors (Lipinski definition) is 1. The Kier molecular flexibility index (Phi) is 2.20. The maximum atomic E-state index is 12.4. The van der Waals surface area contributed by atoms with Crippen LogP contribution in [-0.4, -0.2) is 13.4 Å². The van der Waals surface area contributed by atoms with Crippen molar-refractivity contribution in [1.82, 2.24) is 4.98 Å². The number of rotatable bonds is 1. The molecule has 1 N–H and O–H groups in total. The van der Waals surface area contributed by atoms with Crippen molar-refractivity contribution in [3.8, 4) is 0 Å². The van der Waals surface area contributed by atoms with Crippen molar-refractivity contribution in [1.29, 1.82) is 0 Å². The average Bonchev–Trinajstić information content (AvgIpc) is 1.82. The Morgan fingerprint density at radius 2 is 2.00 bits per heavy atom. The lowest BCUT2D eigenvalue weighted by atomic mass is 10.5. The highest BCUT2D eigenvalue weighted by Gasteiger charge is 2.11. The van der Waals surface area contributed by atoms with Gasteiger partial charge in [0.05, 0.1) is 4.90 Å². The van der Waals surface area contributed by atoms with Crippen molar-refractivity contribution in [3.05, 3.63) is 28.4 Å². The van der Waals surface area contributed by atoms with Crippen LogP contribution in [0.4, 0.5) is 4.39 Å². The topological polar surface area (TPSA) is 67.0 Å². The molecule has 0 aliphatic carbocycles. The number of aromatic nitrogens is 1. The monoisotopic (exact) mass is 211 g/mol. The van der Waals surface area contributed by atoms with Crippen LogP contribution in [0.1, 0.15) is 0 Å². The molecule has 12 heavy (non-hydrogen) atoms. The van der Waals surface area contributed by atoms with E-state index in [-0.39, 0.29) is 0 Å². The molecule has 0 radical (unpaired) electrons. The van der Waals surface area contributed by atoms with Gasteiger partial charge in [-0.1, -0.05) is 0 Å². The molecule has 0 amide bonds. The molecule has 1 heterocycles. The molecule has 7 heteroatoms. The molecule has 1 aromatic rings. The summed E-state index contributed by atoms with van der Waals surface area (Å²) in [7, 11) is 0.820. The number of hydrogen-bond acceptors (Lipinski definition) is 3. The highest BCUT2D eigenvalue weighted by molar-refractivity contribution is 8.13. The molecular weight excluding hydrogens is 209 g/mol. The largest absolute Gasteiger partial charge is 0.299 e. The van der Waals surface area contributed by atoms with Gasteiger partial charge in [-0.25, -0.2) is 8.42 Å². The third kappa shape index (κ3) is 2.05. The molecule has 66 valence electrons. The smallest absolute Gasteiger partial charge is 0.261 e. The molecule has 0 unspecified atom stereocenters. The number of nitrogens with one attached hydrogen (secondary N) is 1. The predicted molar refractivity (Wildman–Crippen MR) is 40.1 cm³/mol. The standard InChI is InChI=1S/C5H3ClFNO3S/c6-12(10,11)3-1-4(7)8-5(9)2-3/h1-2H,(H,8,9). The Morgan fingerprint density at radius 1 is 1.42 bits per heavy atom. The van der Waals surface area contributed by atoms with Crippen LogP contribution in [0.5, 0.6) is 0 Å². The molecule has 0 atom stereocenters. The first kappa shape index (κ1) is 9.21. The Labute approximate surface area is 71.4 Å². The lowest BCUT2D eigenvalue weighted by Crippen LogP contribution is -2.08. The van der Waals surface area contributed by atoms with Crippen LogP contribution in [0, 0.1) is 5.95 Å². The minimum absolute atomic E-state index is 0.551. The Hall–Kier alpha value is -0.880. The summed E-state index contributed by atoms with van der Waals surface area (Å²) < 4.78 is 33.5. The lowest BCUT2D eigenvalue weighted by Gasteiger charge is -1.93. The van der Waals surface area contributed by atoms with Crippen molar-refractivity contribution >= 4 is 19.7 Å². The van der Waals surface area contributed by atoms with Gasteiger partial charge in [0.1, 0.15) is 0 Å². The summed E-state index contributed by atoms with van der Waals surface area (Å²) in [6.07, 6.45) is 0. The van der Waals surface area contributed by atoms with E-state index in [0.717, 1.165) is 0 Å². The van der Waals surface area contributed by atoms with Crippen LogP contribution in [0.15, 0.2) is 21.8 Å². The second kappa shape index (κ2) is 2.87. The summed E-state index contributed by atoms with van der Waals surface area (Å²) in [6.45, 7) is 0. The van der Waals surface area contributed by atoms with Crippen LogP contribution in [0.2, 0.25) is 0 Å². The molecule has 0 aromatic carbocycles. The Morgan fingerprint density at radius 3 is 2.42 bits per heavy atom. The van der Waals surface area contributed by atoms with E-state index in [0.29, 0.717) is 12.1 Å². The van der Waals surface area contributed by atoms with E-state index in [1.165, 1.54) is 0 Å². The van der Waals surface area contributed by atoms with Gasteiger partial charge in [-0.2, -0.15) is 4.39 Å². The van der Waals surface area contributed by atoms with Crippen molar-refractivity contribution in [2.24, 2.45) is 0 Å². The first-order valence-corrected chi connectivity index (χ1v) is 5.05. The zero-order chi connectivity index (χ0) is 9.35. The van der Waals surface area contributed by atoms with Gasteiger partial charge in [-0.15, -0.1) is 0 Å². The van der Waals surface area contributed by atoms with Gasteiger partial charge in [-0.05, 0) is 0 Å². The third-order valence-corrected chi connectivity index (χ3v) is 2.40. The van der Waals surface area contributed by atoms with Gasteiger partial charge >= 0.3 is 0 Å². The van der Waals surface area contributed by atoms with Crippen molar-refractivity contribution < 1.29 is 12.8 Å². The van der Waals surface area contributed by atoms with E-state index in [1.807, 2.05) is 0 Å². The van der Waals surface area contributed by atoms with E-state index in [4.69, 9.17) is 10.7 Å². The molecule has 0 saturated carbocycles. The second-order valence-corrected chi connectivity index (χ2v) is 4.53. The molecule has 0 bridgehead atoms. The third-order valence-electron chi connectivity index (χ3n) is 1.07. The zero-order valence-corrected chi connectivity index (χ0v) is 7.12. The summed E-state index contributed by atoms with van der Waals surface area (Å²) in [5.41, 5.74) is -0.853. The first-order chi connectivity index (χ1) is 5.39. The number of aromatic amines is 1. The van der Waals surface area contributed by atoms with Crippen molar-refractivity contribution in [2.45, 2.75) is 4.90 Å². The van der Waals surface area contributed by atoms with Crippen LogP contribution in [0.25, 0.3) is 0 Å². The molecule has 1 rings (SSSR count). The minimum atomic E-state index is -4.04. The zero-order valence-electron chi connectivity index (χ0n) is 5.54. The lowest BCUT2D eigenvalue weighted by molar-refractivity contribution is 0.570. The van der Waals surface area contributed by atoms with Crippen LogP contribution >= 0.6 is 10.7 Å². The Balaban J connectivity index is 3.48. The van der Waals surface area contributed by atoms with Gasteiger partial charge in [0.25, 0.3) is 14.6 Å². The highest BCUT2D eigenvalue weighted by Crippen LogP contribution is 2.11. The van der Waals surface area contributed by atoms with Crippen molar-refractivity contribution in [2.75, 3.05) is 0 Å². The van der Waals surface area contributed by atoms with Gasteiger partial charge in [-0.3, -0.25) is 9.78 Å². The fraction of sp³-hybridized carbons (Fsp3) is 0. The van der Waals surface area contributed by atoms with Gasteiger partial charge in [0.2, 0.25) is 0 Å². The van der Waals surface area contributed by atoms with Crippen LogP contribution in [0.3, 0.4) is 0 Å². The summed E-state index contributed by atoms with van der Waals surface area (Å²) >= 11 is 0. The number of halogens is 2. The van der Waals surface area contributed by atoms with Gasteiger partial charge < -0.3 is 0 Å². The van der Waals surface area contributed by atoms with E-state index in [2.05, 4.69) is 0 Å². The molecule has 0 saturated heterocycles. The molecule has 0 aliphatic rings. The number of H-pyrrole nitrogens is 1. The summed E-state index contributed by atoms with van der Waals surface area (Å²) in [6, 6.07) is 1.33. The molecular formula is C5H3ClFNO3S. The summed E-state index contributed by atoms with van der Waals surface area (Å²) in [5, 5.41) is 0. The van der Waals surface area contributed by atoms with Crippen molar-refractivity contribution in [3.63, 3.8) is 0 Å². The summed E-state index contributed by atoms with van der Waals surface area (Å²) in [5.74, 6) is -1.04. The van der Waals surface area contributed by atoms with E-state index in [1.54, 1.807) is 4.98 Å². The van der Waals surface area contributed by atoms with Gasteiger partial charge in [0, 0.05) is 22.8 Å². The first-order valence-electron chi connectivity index (χ1n) is 2.74. The predicted octanol–water partition coefficient (Wildman–Crippen LogP) is 0.442. The van der Waals surface area contributed by atoms with Crippen LogP contribution in [-0.2, 0) is 9.05 Å². The molecule has 0 fully saturated rings. The van der Waals surface area contributed by atoms with E-state index >= 15 is 0 Å². The fourth-order valence-corrected chi connectivity index (χ4v) is 1.39. The quantitative estimate of drug-likeness (QED) is 0.542. The summed E-state index contributed by atoms with van der Waals surface area (Å²) in [4.78, 5) is 11.7. The van der Waals surface area contributed by atoms with Crippen LogP contribution < -0.4 is 5.56 Å². The Bertz CT molecular complexity index is 452. The molecule has 0 aliphatic heterocycles. The normalized spacial score (nSPS) is 11.5. The second-order valence-electron chi connectivity index (χ2n) is 1.97. The fourth-order valence-electron chi connectivity index (χ4n) is 0.626. The molecule has 0 spiro atoms. The minimum Gasteiger partial charge on any atom is -0.299 e. The maximum absolute atomic E-state index is 12.4. The van der Waals surface area contributed by atoms with E-state index in [9.17, 15) is 17.6 Å². The van der Waals surface area contributed by atoms with Gasteiger partial charge in [0.15, 0.2) is 5.95 Å². The molecule has 1 aromatic heterocycles.